The fourth-order valence-corrected chi connectivity index (χ4v) is 3.31. The molecule has 0 bridgehead atoms. The zero-order valence-electron chi connectivity index (χ0n) is 19.7. The van der Waals surface area contributed by atoms with E-state index in [4.69, 9.17) is 30.8 Å². The first-order valence-corrected chi connectivity index (χ1v) is 11.5. The van der Waals surface area contributed by atoms with E-state index in [1.54, 1.807) is 48.5 Å². The van der Waals surface area contributed by atoms with Gasteiger partial charge in [-0.25, -0.2) is 0 Å². The van der Waals surface area contributed by atoms with Crippen LogP contribution in [0.25, 0.3) is 0 Å². The van der Waals surface area contributed by atoms with Gasteiger partial charge in [-0.1, -0.05) is 0 Å². The van der Waals surface area contributed by atoms with Crippen LogP contribution in [-0.4, -0.2) is 36.7 Å². The lowest BCUT2D eigenvalue weighted by atomic mass is 10.1. The third-order valence-electron chi connectivity index (χ3n) is 4.54. The van der Waals surface area contributed by atoms with E-state index in [0.29, 0.717) is 54.0 Å². The van der Waals surface area contributed by atoms with E-state index in [1.807, 2.05) is 20.8 Å². The molecule has 2 aromatic carbocycles. The van der Waals surface area contributed by atoms with Gasteiger partial charge in [0.2, 0.25) is 5.75 Å². The number of thiocarbonyl (C=S) groups is 1. The summed E-state index contributed by atoms with van der Waals surface area (Å²) in [5.74, 6) is 0.701. The molecule has 0 spiro atoms. The van der Waals surface area contributed by atoms with Gasteiger partial charge in [0.05, 0.1) is 26.1 Å². The molecule has 0 unspecified atom stereocenters. The fraction of sp³-hybridized carbons (Fsp3) is 0.240. The average molecular weight is 498 g/mol. The highest BCUT2D eigenvalue weighted by atomic mass is 32.1. The number of anilines is 2. The number of hydrogen-bond acceptors (Lipinski definition) is 7. The van der Waals surface area contributed by atoms with Crippen molar-refractivity contribution in [2.24, 2.45) is 0 Å². The molecule has 0 fully saturated rings. The zero-order valence-corrected chi connectivity index (χ0v) is 20.5. The summed E-state index contributed by atoms with van der Waals surface area (Å²) in [4.78, 5) is 24.9. The summed E-state index contributed by atoms with van der Waals surface area (Å²) in [5.41, 5.74) is 1.51. The Balaban J connectivity index is 1.65. The molecule has 0 radical (unpaired) electrons. The average Bonchev–Trinajstić information content (AvgIpc) is 3.38. The van der Waals surface area contributed by atoms with Gasteiger partial charge in [0, 0.05) is 16.9 Å². The van der Waals surface area contributed by atoms with Crippen LogP contribution in [0.15, 0.2) is 59.2 Å². The zero-order chi connectivity index (χ0) is 25.2. The maximum Gasteiger partial charge on any atom is 0.291 e. The summed E-state index contributed by atoms with van der Waals surface area (Å²) >= 11 is 5.29. The van der Waals surface area contributed by atoms with Crippen LogP contribution in [0.3, 0.4) is 0 Å². The Bertz CT molecular complexity index is 1140. The molecule has 3 rings (SSSR count). The smallest absolute Gasteiger partial charge is 0.291 e. The largest absolute Gasteiger partial charge is 0.490 e. The Morgan fingerprint density at radius 3 is 1.91 bits per heavy atom. The summed E-state index contributed by atoms with van der Waals surface area (Å²) in [5, 5.41) is 8.42. The van der Waals surface area contributed by atoms with E-state index < -0.39 is 5.91 Å². The summed E-state index contributed by atoms with van der Waals surface area (Å²) in [7, 11) is 0. The minimum atomic E-state index is -0.435. The van der Waals surface area contributed by atoms with Gasteiger partial charge in [0.1, 0.15) is 0 Å². The van der Waals surface area contributed by atoms with Crippen LogP contribution in [0.5, 0.6) is 17.2 Å². The maximum absolute atomic E-state index is 12.9. The van der Waals surface area contributed by atoms with E-state index in [1.165, 1.54) is 6.26 Å². The third kappa shape index (κ3) is 6.97. The summed E-state index contributed by atoms with van der Waals surface area (Å²) < 4.78 is 22.1. The second-order valence-electron chi connectivity index (χ2n) is 7.02. The Labute approximate surface area is 208 Å². The SMILES string of the molecule is CCOc1cc(C(=O)NC(=S)Nc2ccc(NC(=O)c3ccco3)cc2)cc(OCC)c1OCC. The van der Waals surface area contributed by atoms with Crippen molar-refractivity contribution in [2.45, 2.75) is 20.8 Å². The maximum atomic E-state index is 12.9. The van der Waals surface area contributed by atoms with Crippen molar-refractivity contribution in [3.8, 4) is 17.2 Å². The van der Waals surface area contributed by atoms with Crippen molar-refractivity contribution in [2.75, 3.05) is 30.5 Å². The van der Waals surface area contributed by atoms with E-state index in [-0.39, 0.29) is 16.8 Å². The van der Waals surface area contributed by atoms with Gasteiger partial charge < -0.3 is 29.3 Å². The predicted molar refractivity (Wildman–Crippen MR) is 137 cm³/mol. The Kier molecular flexibility index (Phi) is 9.08. The van der Waals surface area contributed by atoms with Crippen molar-refractivity contribution >= 4 is 40.5 Å². The van der Waals surface area contributed by atoms with Crippen LogP contribution in [0.1, 0.15) is 41.7 Å². The van der Waals surface area contributed by atoms with Gasteiger partial charge in [0.15, 0.2) is 22.4 Å². The van der Waals surface area contributed by atoms with Crippen LogP contribution < -0.4 is 30.2 Å². The molecule has 9 nitrogen and oxygen atoms in total. The number of ether oxygens (including phenoxy) is 3. The molecule has 35 heavy (non-hydrogen) atoms. The summed E-state index contributed by atoms with van der Waals surface area (Å²) in [6.45, 7) is 6.76. The van der Waals surface area contributed by atoms with Crippen molar-refractivity contribution < 1.29 is 28.2 Å². The molecule has 1 aromatic heterocycles. The number of carbonyl (C=O) groups excluding carboxylic acids is 2. The van der Waals surface area contributed by atoms with Crippen molar-refractivity contribution in [1.29, 1.82) is 0 Å². The third-order valence-corrected chi connectivity index (χ3v) is 4.75. The lowest BCUT2D eigenvalue weighted by Gasteiger charge is -2.17. The molecule has 0 aliphatic carbocycles. The molecule has 0 aliphatic heterocycles. The minimum Gasteiger partial charge on any atom is -0.490 e. The molecule has 3 N–H and O–H groups in total. The van der Waals surface area contributed by atoms with E-state index in [0.717, 1.165) is 0 Å². The topological polar surface area (TPSA) is 111 Å². The highest BCUT2D eigenvalue weighted by Gasteiger charge is 2.19. The lowest BCUT2D eigenvalue weighted by Crippen LogP contribution is -2.34. The normalized spacial score (nSPS) is 10.3. The predicted octanol–water partition coefficient (Wildman–Crippen LogP) is 4.85. The standard InChI is InChI=1S/C25H27N3O6S/c1-4-31-20-14-16(15-21(32-5-2)22(20)33-6-3)23(29)28-25(35)27-18-11-9-17(10-12-18)26-24(30)19-8-7-13-34-19/h7-15H,4-6H2,1-3H3,(H,26,30)(H2,27,28,29,35). The van der Waals surface area contributed by atoms with Crippen LogP contribution in [0.4, 0.5) is 11.4 Å². The van der Waals surface area contributed by atoms with Crippen molar-refractivity contribution in [3.05, 3.63) is 66.1 Å². The number of nitrogens with one attached hydrogen (secondary N) is 3. The molecule has 0 saturated heterocycles. The minimum absolute atomic E-state index is 0.104. The highest BCUT2D eigenvalue weighted by molar-refractivity contribution is 7.80. The Morgan fingerprint density at radius 2 is 1.40 bits per heavy atom. The molecule has 0 aliphatic rings. The molecule has 1 heterocycles. The van der Waals surface area contributed by atoms with Gasteiger partial charge in [0.25, 0.3) is 11.8 Å². The fourth-order valence-electron chi connectivity index (χ4n) is 3.09. The van der Waals surface area contributed by atoms with E-state index in [2.05, 4.69) is 16.0 Å². The molecular weight excluding hydrogens is 470 g/mol. The first-order chi connectivity index (χ1) is 16.9. The second-order valence-corrected chi connectivity index (χ2v) is 7.43. The van der Waals surface area contributed by atoms with Gasteiger partial charge in [-0.2, -0.15) is 0 Å². The molecule has 0 atom stereocenters. The van der Waals surface area contributed by atoms with E-state index in [9.17, 15) is 9.59 Å². The van der Waals surface area contributed by atoms with Gasteiger partial charge in [-0.3, -0.25) is 14.9 Å². The Morgan fingerprint density at radius 1 is 0.829 bits per heavy atom. The van der Waals surface area contributed by atoms with Gasteiger partial charge >= 0.3 is 0 Å². The van der Waals surface area contributed by atoms with Gasteiger partial charge in [-0.05, 0) is 81.5 Å². The monoisotopic (exact) mass is 497 g/mol. The Hall–Kier alpha value is -4.05. The van der Waals surface area contributed by atoms with Crippen LogP contribution in [0, 0.1) is 0 Å². The molecular formula is C25H27N3O6S. The van der Waals surface area contributed by atoms with E-state index >= 15 is 0 Å². The quantitative estimate of drug-likeness (QED) is 0.341. The van der Waals surface area contributed by atoms with Crippen LogP contribution >= 0.6 is 12.2 Å². The highest BCUT2D eigenvalue weighted by Crippen LogP contribution is 2.39. The molecule has 2 amide bonds. The number of carbonyl (C=O) groups is 2. The van der Waals surface area contributed by atoms with Crippen LogP contribution in [-0.2, 0) is 0 Å². The number of furan rings is 1. The van der Waals surface area contributed by atoms with Crippen molar-refractivity contribution in [3.63, 3.8) is 0 Å². The molecule has 10 heteroatoms. The van der Waals surface area contributed by atoms with Gasteiger partial charge in [-0.15, -0.1) is 0 Å². The number of benzene rings is 2. The number of rotatable bonds is 10. The molecule has 184 valence electrons. The molecule has 0 saturated carbocycles. The molecule has 3 aromatic rings. The summed E-state index contributed by atoms with van der Waals surface area (Å²) in [6, 6.07) is 13.2. The number of hydrogen-bond donors (Lipinski definition) is 3. The van der Waals surface area contributed by atoms with Crippen molar-refractivity contribution in [1.82, 2.24) is 5.32 Å². The second kappa shape index (κ2) is 12.4. The first-order valence-electron chi connectivity index (χ1n) is 11.1. The lowest BCUT2D eigenvalue weighted by molar-refractivity contribution is 0.0974. The number of amides is 2. The summed E-state index contributed by atoms with van der Waals surface area (Å²) in [6.07, 6.45) is 1.43. The van der Waals surface area contributed by atoms with Crippen LogP contribution in [0.2, 0.25) is 0 Å². The first kappa shape index (κ1) is 25.6.